The fourth-order valence-electron chi connectivity index (χ4n) is 1.73. The third kappa shape index (κ3) is 3.33. The Kier molecular flexibility index (Phi) is 4.22. The van der Waals surface area contributed by atoms with E-state index >= 15 is 0 Å². The van der Waals surface area contributed by atoms with Crippen LogP contribution in [0.2, 0.25) is 5.02 Å². The summed E-state index contributed by atoms with van der Waals surface area (Å²) in [6, 6.07) is 8.97. The molecule has 0 unspecified atom stereocenters. The van der Waals surface area contributed by atoms with Crippen molar-refractivity contribution in [3.8, 4) is 0 Å². The van der Waals surface area contributed by atoms with Crippen molar-refractivity contribution in [1.82, 2.24) is 0 Å². The number of nitrogens with two attached hydrogens (primary N) is 1. The number of halogens is 3. The minimum atomic E-state index is -0.420. The molecule has 5 heteroatoms. The number of benzene rings is 2. The topological polar surface area (TPSA) is 43.1 Å². The lowest BCUT2D eigenvalue weighted by Crippen LogP contribution is -2.07. The summed E-state index contributed by atoms with van der Waals surface area (Å²) in [4.78, 5) is 12.1. The third-order valence-corrected chi connectivity index (χ3v) is 3.53. The van der Waals surface area contributed by atoms with Gasteiger partial charge in [-0.25, -0.2) is 4.39 Å². The van der Waals surface area contributed by atoms with Crippen LogP contribution in [0.4, 0.5) is 10.1 Å². The van der Waals surface area contributed by atoms with Gasteiger partial charge in [0.05, 0.1) is 0 Å². The molecule has 0 spiro atoms. The lowest BCUT2D eigenvalue weighted by atomic mass is 10.0. The molecule has 0 atom stereocenters. The van der Waals surface area contributed by atoms with Crippen LogP contribution in [0.3, 0.4) is 0 Å². The highest BCUT2D eigenvalue weighted by molar-refractivity contribution is 9.10. The molecule has 0 aromatic heterocycles. The number of nitrogen functional groups attached to an aromatic ring is 1. The average Bonchev–Trinajstić information content (AvgIpc) is 2.33. The molecular formula is C14H10BrClFNO. The lowest BCUT2D eigenvalue weighted by molar-refractivity contribution is 0.0994. The number of carbonyl (C=O) groups is 1. The van der Waals surface area contributed by atoms with Crippen LogP contribution < -0.4 is 5.73 Å². The first-order valence-electron chi connectivity index (χ1n) is 5.49. The van der Waals surface area contributed by atoms with E-state index in [9.17, 15) is 9.18 Å². The second-order valence-corrected chi connectivity index (χ2v) is 5.39. The largest absolute Gasteiger partial charge is 0.398 e. The minimum absolute atomic E-state index is 0.0163. The van der Waals surface area contributed by atoms with Crippen LogP contribution >= 0.6 is 27.5 Å². The maximum absolute atomic E-state index is 13.1. The number of hydrogen-bond acceptors (Lipinski definition) is 2. The van der Waals surface area contributed by atoms with Crippen LogP contribution in [0.25, 0.3) is 0 Å². The van der Waals surface area contributed by atoms with E-state index < -0.39 is 5.82 Å². The van der Waals surface area contributed by atoms with Crippen molar-refractivity contribution in [2.45, 2.75) is 6.42 Å². The van der Waals surface area contributed by atoms with Crippen LogP contribution in [0.5, 0.6) is 0 Å². The van der Waals surface area contributed by atoms with Gasteiger partial charge in [0.2, 0.25) is 0 Å². The molecule has 0 amide bonds. The summed E-state index contributed by atoms with van der Waals surface area (Å²) < 4.78 is 13.9. The summed E-state index contributed by atoms with van der Waals surface area (Å²) in [7, 11) is 0. The first-order chi connectivity index (χ1) is 8.97. The summed E-state index contributed by atoms with van der Waals surface area (Å²) in [5.41, 5.74) is 7.03. The summed E-state index contributed by atoms with van der Waals surface area (Å²) in [6.45, 7) is 0. The van der Waals surface area contributed by atoms with Gasteiger partial charge in [-0.2, -0.15) is 0 Å². The number of ketones is 1. The van der Waals surface area contributed by atoms with E-state index in [-0.39, 0.29) is 12.2 Å². The normalized spacial score (nSPS) is 10.5. The summed E-state index contributed by atoms with van der Waals surface area (Å²) in [5, 5.41) is 0.366. The van der Waals surface area contributed by atoms with E-state index in [1.165, 1.54) is 18.2 Å². The van der Waals surface area contributed by atoms with Crippen LogP contribution in [-0.2, 0) is 6.42 Å². The highest BCUT2D eigenvalue weighted by atomic mass is 79.9. The molecular weight excluding hydrogens is 333 g/mol. The predicted octanol–water partition coefficient (Wildman–Crippen LogP) is 4.25. The monoisotopic (exact) mass is 341 g/mol. The van der Waals surface area contributed by atoms with Crippen molar-refractivity contribution in [2.75, 3.05) is 5.73 Å². The summed E-state index contributed by atoms with van der Waals surface area (Å²) >= 11 is 9.21. The van der Waals surface area contributed by atoms with Gasteiger partial charge in [0.15, 0.2) is 5.78 Å². The van der Waals surface area contributed by atoms with Crippen molar-refractivity contribution >= 4 is 39.0 Å². The lowest BCUT2D eigenvalue weighted by Gasteiger charge is -2.07. The van der Waals surface area contributed by atoms with Crippen LogP contribution in [0.1, 0.15) is 15.9 Å². The van der Waals surface area contributed by atoms with E-state index in [1.807, 2.05) is 0 Å². The van der Waals surface area contributed by atoms with Gasteiger partial charge in [-0.15, -0.1) is 0 Å². The van der Waals surface area contributed by atoms with E-state index in [4.69, 9.17) is 17.3 Å². The molecule has 0 radical (unpaired) electrons. The van der Waals surface area contributed by atoms with Gasteiger partial charge in [-0.05, 0) is 42.0 Å². The zero-order valence-electron chi connectivity index (χ0n) is 9.79. The van der Waals surface area contributed by atoms with Gasteiger partial charge in [0, 0.05) is 27.2 Å². The van der Waals surface area contributed by atoms with Gasteiger partial charge < -0.3 is 5.73 Å². The van der Waals surface area contributed by atoms with Gasteiger partial charge in [0.1, 0.15) is 5.82 Å². The highest BCUT2D eigenvalue weighted by Crippen LogP contribution is 2.23. The van der Waals surface area contributed by atoms with E-state index in [2.05, 4.69) is 15.9 Å². The van der Waals surface area contributed by atoms with Gasteiger partial charge in [-0.1, -0.05) is 27.5 Å². The molecule has 98 valence electrons. The first-order valence-corrected chi connectivity index (χ1v) is 6.66. The molecule has 0 aliphatic heterocycles. The number of carbonyl (C=O) groups excluding carboxylic acids is 1. The number of rotatable bonds is 3. The molecule has 0 aliphatic rings. The van der Waals surface area contributed by atoms with Crippen molar-refractivity contribution in [3.63, 3.8) is 0 Å². The smallest absolute Gasteiger partial charge is 0.169 e. The molecule has 0 aliphatic carbocycles. The van der Waals surface area contributed by atoms with Gasteiger partial charge >= 0.3 is 0 Å². The average molecular weight is 343 g/mol. The Balaban J connectivity index is 2.28. The molecule has 2 rings (SSSR count). The van der Waals surface area contributed by atoms with Crippen LogP contribution in [0.15, 0.2) is 40.9 Å². The number of Topliss-reactive ketones (excluding diaryl/α,β-unsaturated/α-hetero) is 1. The zero-order valence-corrected chi connectivity index (χ0v) is 12.1. The van der Waals surface area contributed by atoms with Crippen LogP contribution in [-0.4, -0.2) is 5.78 Å². The van der Waals surface area contributed by atoms with Crippen LogP contribution in [0, 0.1) is 5.82 Å². The van der Waals surface area contributed by atoms with Crippen molar-refractivity contribution < 1.29 is 9.18 Å². The SMILES string of the molecule is Nc1cc(Br)ccc1C(=O)Cc1cc(F)ccc1Cl. The summed E-state index contributed by atoms with van der Waals surface area (Å²) in [5.74, 6) is -0.617. The highest BCUT2D eigenvalue weighted by Gasteiger charge is 2.13. The zero-order chi connectivity index (χ0) is 14.0. The maximum Gasteiger partial charge on any atom is 0.169 e. The first kappa shape index (κ1) is 14.0. The second kappa shape index (κ2) is 5.72. The molecule has 0 saturated carbocycles. The molecule has 0 saturated heterocycles. The quantitative estimate of drug-likeness (QED) is 0.669. The van der Waals surface area contributed by atoms with E-state index in [0.717, 1.165) is 4.47 Å². The maximum atomic E-state index is 13.1. The molecule has 2 aromatic carbocycles. The Morgan fingerprint density at radius 3 is 2.68 bits per heavy atom. The van der Waals surface area contributed by atoms with E-state index in [1.54, 1.807) is 18.2 Å². The standard InChI is InChI=1S/C14H10BrClFNO/c15-9-1-3-11(13(18)7-9)14(19)6-8-5-10(17)2-4-12(8)16/h1-5,7H,6,18H2. The minimum Gasteiger partial charge on any atom is -0.398 e. The Labute approximate surface area is 123 Å². The Hall–Kier alpha value is -1.39. The molecule has 0 heterocycles. The second-order valence-electron chi connectivity index (χ2n) is 4.07. The summed E-state index contributed by atoms with van der Waals surface area (Å²) in [6.07, 6.45) is 0.0163. The fraction of sp³-hybridized carbons (Fsp3) is 0.0714. The van der Waals surface area contributed by atoms with Gasteiger partial charge in [0.25, 0.3) is 0 Å². The Morgan fingerprint density at radius 2 is 2.00 bits per heavy atom. The molecule has 2 aromatic rings. The number of anilines is 1. The molecule has 2 nitrogen and oxygen atoms in total. The Bertz CT molecular complexity index is 645. The Morgan fingerprint density at radius 1 is 1.26 bits per heavy atom. The number of hydrogen-bond donors (Lipinski definition) is 1. The van der Waals surface area contributed by atoms with Crippen molar-refractivity contribution in [1.29, 1.82) is 0 Å². The molecule has 2 N–H and O–H groups in total. The molecule has 19 heavy (non-hydrogen) atoms. The van der Waals surface area contributed by atoms with E-state index in [0.29, 0.717) is 21.8 Å². The molecule has 0 bridgehead atoms. The predicted molar refractivity (Wildman–Crippen MR) is 78.0 cm³/mol. The van der Waals surface area contributed by atoms with Gasteiger partial charge in [-0.3, -0.25) is 4.79 Å². The third-order valence-electron chi connectivity index (χ3n) is 2.67. The van der Waals surface area contributed by atoms with Crippen molar-refractivity contribution in [2.24, 2.45) is 0 Å². The molecule has 0 fully saturated rings. The van der Waals surface area contributed by atoms with Crippen molar-refractivity contribution in [3.05, 3.63) is 62.8 Å². The fourth-order valence-corrected chi connectivity index (χ4v) is 2.30.